The van der Waals surface area contributed by atoms with E-state index in [9.17, 15) is 9.90 Å². The predicted molar refractivity (Wildman–Crippen MR) is 49.1 cm³/mol. The number of rotatable bonds is 1. The maximum atomic E-state index is 11.7. The summed E-state index contributed by atoms with van der Waals surface area (Å²) in [6, 6.07) is 0.329. The van der Waals surface area contributed by atoms with E-state index < -0.39 is 0 Å². The quantitative estimate of drug-likeness (QED) is 0.647. The number of likely N-dealkylation sites (tertiary alicyclic amines) is 1. The zero-order chi connectivity index (χ0) is 9.59. The summed E-state index contributed by atoms with van der Waals surface area (Å²) >= 11 is 0. The average molecular weight is 183 g/mol. The van der Waals surface area contributed by atoms with E-state index in [0.717, 1.165) is 19.4 Å². The molecule has 3 heteroatoms. The third kappa shape index (κ3) is 1.35. The van der Waals surface area contributed by atoms with Crippen LogP contribution in [0.4, 0.5) is 0 Å². The number of nitrogens with zero attached hydrogens (tertiary/aromatic N) is 1. The Bertz CT molecular complexity index is 225. The summed E-state index contributed by atoms with van der Waals surface area (Å²) in [7, 11) is 0. The van der Waals surface area contributed by atoms with Crippen molar-refractivity contribution in [2.75, 3.05) is 6.54 Å². The highest BCUT2D eigenvalue weighted by Gasteiger charge is 2.45. The second-order valence-corrected chi connectivity index (χ2v) is 4.60. The molecule has 0 aromatic rings. The predicted octanol–water partition coefficient (Wildman–Crippen LogP) is 0.624. The minimum atomic E-state index is -0.152. The van der Waals surface area contributed by atoms with Crippen molar-refractivity contribution in [1.82, 2.24) is 4.90 Å². The first-order valence-corrected chi connectivity index (χ1v) is 5.08. The summed E-state index contributed by atoms with van der Waals surface area (Å²) in [5.41, 5.74) is 0. The number of carbonyl (C=O) groups is 1. The van der Waals surface area contributed by atoms with Gasteiger partial charge in [-0.05, 0) is 12.8 Å². The molecule has 1 amide bonds. The van der Waals surface area contributed by atoms with Crippen LogP contribution in [0, 0.1) is 11.8 Å². The monoisotopic (exact) mass is 183 g/mol. The molecule has 0 aromatic carbocycles. The van der Waals surface area contributed by atoms with Crippen molar-refractivity contribution in [2.24, 2.45) is 11.8 Å². The fourth-order valence-corrected chi connectivity index (χ4v) is 2.53. The summed E-state index contributed by atoms with van der Waals surface area (Å²) in [6.45, 7) is 4.65. The second-order valence-electron chi connectivity index (χ2n) is 4.60. The normalized spacial score (nSPS) is 37.5. The molecule has 2 aliphatic rings. The van der Waals surface area contributed by atoms with Crippen molar-refractivity contribution in [3.05, 3.63) is 0 Å². The van der Waals surface area contributed by atoms with Crippen molar-refractivity contribution in [1.29, 1.82) is 0 Å². The molecule has 1 aliphatic carbocycles. The molecule has 2 bridgehead atoms. The molecule has 3 atom stereocenters. The molecule has 1 heterocycles. The first-order chi connectivity index (χ1) is 6.09. The van der Waals surface area contributed by atoms with Gasteiger partial charge in [-0.1, -0.05) is 13.8 Å². The van der Waals surface area contributed by atoms with E-state index in [1.807, 2.05) is 18.7 Å². The summed E-state index contributed by atoms with van der Waals surface area (Å²) in [5, 5.41) is 9.52. The van der Waals surface area contributed by atoms with Gasteiger partial charge in [0, 0.05) is 24.4 Å². The number of amides is 1. The first-order valence-electron chi connectivity index (χ1n) is 5.08. The molecular formula is C10H17NO2. The standard InChI is InChI=1S/C10H17NO2/c1-6(2)10(13)11-5-7-3-8(11)4-9(7)12/h6-9,12H,3-5H2,1-2H3. The largest absolute Gasteiger partial charge is 0.393 e. The Morgan fingerprint density at radius 1 is 1.46 bits per heavy atom. The molecule has 3 nitrogen and oxygen atoms in total. The highest BCUT2D eigenvalue weighted by atomic mass is 16.3. The topological polar surface area (TPSA) is 40.5 Å². The van der Waals surface area contributed by atoms with Crippen LogP contribution in [0.15, 0.2) is 0 Å². The summed E-state index contributed by atoms with van der Waals surface area (Å²) < 4.78 is 0. The van der Waals surface area contributed by atoms with Crippen molar-refractivity contribution < 1.29 is 9.90 Å². The van der Waals surface area contributed by atoms with Crippen LogP contribution in [0.1, 0.15) is 26.7 Å². The number of aliphatic hydroxyl groups excluding tert-OH is 1. The molecule has 3 unspecified atom stereocenters. The van der Waals surface area contributed by atoms with Crippen LogP contribution in [0.3, 0.4) is 0 Å². The van der Waals surface area contributed by atoms with Gasteiger partial charge in [0.05, 0.1) is 6.10 Å². The fourth-order valence-electron chi connectivity index (χ4n) is 2.53. The lowest BCUT2D eigenvalue weighted by Crippen LogP contribution is -2.43. The van der Waals surface area contributed by atoms with Gasteiger partial charge in [0.25, 0.3) is 0 Å². The summed E-state index contributed by atoms with van der Waals surface area (Å²) in [4.78, 5) is 13.6. The highest BCUT2D eigenvalue weighted by molar-refractivity contribution is 5.79. The second kappa shape index (κ2) is 2.98. The van der Waals surface area contributed by atoms with Crippen LogP contribution in [0.5, 0.6) is 0 Å². The SMILES string of the molecule is CC(C)C(=O)N1CC2CC1CC2O. The Morgan fingerprint density at radius 2 is 2.15 bits per heavy atom. The number of hydrogen-bond acceptors (Lipinski definition) is 2. The van der Waals surface area contributed by atoms with Gasteiger partial charge in [-0.15, -0.1) is 0 Å². The van der Waals surface area contributed by atoms with E-state index >= 15 is 0 Å². The third-order valence-corrected chi connectivity index (χ3v) is 3.28. The summed E-state index contributed by atoms with van der Waals surface area (Å²) in [6.07, 6.45) is 1.66. The van der Waals surface area contributed by atoms with Crippen LogP contribution in [-0.2, 0) is 4.79 Å². The molecular weight excluding hydrogens is 166 g/mol. The van der Waals surface area contributed by atoms with Crippen LogP contribution in [0.2, 0.25) is 0 Å². The molecule has 2 rings (SSSR count). The Hall–Kier alpha value is -0.570. The lowest BCUT2D eigenvalue weighted by molar-refractivity contribution is -0.137. The molecule has 1 aliphatic heterocycles. The molecule has 0 radical (unpaired) electrons. The smallest absolute Gasteiger partial charge is 0.225 e. The molecule has 1 saturated heterocycles. The van der Waals surface area contributed by atoms with Crippen molar-refractivity contribution in [3.8, 4) is 0 Å². The van der Waals surface area contributed by atoms with Gasteiger partial charge < -0.3 is 10.0 Å². The number of piperidine rings is 1. The minimum absolute atomic E-state index is 0.0940. The Morgan fingerprint density at radius 3 is 2.54 bits per heavy atom. The zero-order valence-electron chi connectivity index (χ0n) is 8.23. The van der Waals surface area contributed by atoms with Crippen LogP contribution < -0.4 is 0 Å². The fraction of sp³-hybridized carbons (Fsp3) is 0.900. The van der Waals surface area contributed by atoms with Crippen molar-refractivity contribution >= 4 is 5.91 Å². The lowest BCUT2D eigenvalue weighted by atomic mass is 10.1. The molecule has 74 valence electrons. The Balaban J connectivity index is 2.03. The molecule has 0 spiro atoms. The zero-order valence-corrected chi connectivity index (χ0v) is 8.23. The molecule has 2 fully saturated rings. The van der Waals surface area contributed by atoms with Gasteiger partial charge in [0.2, 0.25) is 5.91 Å². The van der Waals surface area contributed by atoms with Gasteiger partial charge >= 0.3 is 0 Å². The van der Waals surface area contributed by atoms with Crippen molar-refractivity contribution in [2.45, 2.75) is 38.8 Å². The van der Waals surface area contributed by atoms with E-state index in [4.69, 9.17) is 0 Å². The molecule has 1 saturated carbocycles. The Labute approximate surface area is 78.7 Å². The van der Waals surface area contributed by atoms with Gasteiger partial charge in [-0.3, -0.25) is 4.79 Å². The van der Waals surface area contributed by atoms with Crippen LogP contribution in [0.25, 0.3) is 0 Å². The molecule has 13 heavy (non-hydrogen) atoms. The van der Waals surface area contributed by atoms with Crippen molar-refractivity contribution in [3.63, 3.8) is 0 Å². The summed E-state index contributed by atoms with van der Waals surface area (Å²) in [5.74, 6) is 0.698. The first kappa shape index (κ1) is 9.00. The van der Waals surface area contributed by atoms with E-state index in [1.54, 1.807) is 0 Å². The number of aliphatic hydroxyl groups is 1. The van der Waals surface area contributed by atoms with Crippen LogP contribution >= 0.6 is 0 Å². The van der Waals surface area contributed by atoms with E-state index in [1.165, 1.54) is 0 Å². The number of hydrogen-bond donors (Lipinski definition) is 1. The van der Waals surface area contributed by atoms with Gasteiger partial charge in [-0.2, -0.15) is 0 Å². The maximum absolute atomic E-state index is 11.7. The van der Waals surface area contributed by atoms with Gasteiger partial charge in [-0.25, -0.2) is 0 Å². The van der Waals surface area contributed by atoms with E-state index in [2.05, 4.69) is 0 Å². The maximum Gasteiger partial charge on any atom is 0.225 e. The average Bonchev–Trinajstić information content (AvgIpc) is 2.60. The lowest BCUT2D eigenvalue weighted by Gasteiger charge is -2.30. The Kier molecular flexibility index (Phi) is 2.06. The minimum Gasteiger partial charge on any atom is -0.393 e. The van der Waals surface area contributed by atoms with E-state index in [-0.39, 0.29) is 17.9 Å². The molecule has 0 aromatic heterocycles. The van der Waals surface area contributed by atoms with E-state index in [0.29, 0.717) is 12.0 Å². The molecule has 1 N–H and O–H groups in total. The third-order valence-electron chi connectivity index (χ3n) is 3.28. The van der Waals surface area contributed by atoms with Gasteiger partial charge in [0.15, 0.2) is 0 Å². The van der Waals surface area contributed by atoms with Gasteiger partial charge in [0.1, 0.15) is 0 Å². The highest BCUT2D eigenvalue weighted by Crippen LogP contribution is 2.38. The van der Waals surface area contributed by atoms with Crippen LogP contribution in [-0.4, -0.2) is 34.6 Å². The number of fused-ring (bicyclic) bond motifs is 2. The number of carbonyl (C=O) groups excluding carboxylic acids is 1.